The van der Waals surface area contributed by atoms with E-state index >= 15 is 0 Å². The number of carbonyl (C=O) groups is 1. The van der Waals surface area contributed by atoms with Crippen LogP contribution in [0, 0.1) is 0 Å². The molecule has 1 aromatic rings. The lowest BCUT2D eigenvalue weighted by Crippen LogP contribution is -2.31. The van der Waals surface area contributed by atoms with Crippen molar-refractivity contribution in [2.24, 2.45) is 0 Å². The van der Waals surface area contributed by atoms with Crippen molar-refractivity contribution in [1.82, 2.24) is 10.5 Å². The van der Waals surface area contributed by atoms with Gasteiger partial charge in [0.05, 0.1) is 19.3 Å². The van der Waals surface area contributed by atoms with Gasteiger partial charge >= 0.3 is 0 Å². The number of nitrogens with one attached hydrogen (secondary N) is 1. The highest BCUT2D eigenvalue weighted by Gasteiger charge is 2.18. The van der Waals surface area contributed by atoms with Gasteiger partial charge in [-0.1, -0.05) is 0 Å². The van der Waals surface area contributed by atoms with E-state index in [1.807, 2.05) is 0 Å². The maximum Gasteiger partial charge on any atom is 0.290 e. The minimum Gasteiger partial charge on any atom is -0.479 e. The predicted octanol–water partition coefficient (Wildman–Crippen LogP) is 0.592. The van der Waals surface area contributed by atoms with Crippen LogP contribution in [0.2, 0.25) is 0 Å². The Hall–Kier alpha value is -1.56. The minimum atomic E-state index is -0.300. The van der Waals surface area contributed by atoms with Crippen molar-refractivity contribution in [3.63, 3.8) is 0 Å². The van der Waals surface area contributed by atoms with Gasteiger partial charge in [-0.25, -0.2) is 0 Å². The van der Waals surface area contributed by atoms with E-state index in [-0.39, 0.29) is 17.8 Å². The summed E-state index contributed by atoms with van der Waals surface area (Å²) >= 11 is 0. The highest BCUT2D eigenvalue weighted by molar-refractivity contribution is 5.91. The van der Waals surface area contributed by atoms with Gasteiger partial charge in [0.25, 0.3) is 11.8 Å². The number of methoxy groups -OCH3 is 1. The summed E-state index contributed by atoms with van der Waals surface area (Å²) in [5.74, 6) is 0.142. The molecule has 0 saturated carbocycles. The van der Waals surface area contributed by atoms with Crippen molar-refractivity contribution in [1.29, 1.82) is 0 Å². The molecule has 0 aromatic carbocycles. The molecule has 1 amide bonds. The number of hydrogen-bond acceptors (Lipinski definition) is 5. The van der Waals surface area contributed by atoms with E-state index in [0.717, 1.165) is 19.4 Å². The third kappa shape index (κ3) is 2.52. The summed E-state index contributed by atoms with van der Waals surface area (Å²) in [6.45, 7) is 1.28. The maximum atomic E-state index is 11.6. The number of carbonyl (C=O) groups excluding carboxylic acids is 1. The molecule has 2 rings (SSSR count). The zero-order chi connectivity index (χ0) is 11.4. The molecule has 16 heavy (non-hydrogen) atoms. The maximum absolute atomic E-state index is 11.6. The molecule has 1 aliphatic rings. The van der Waals surface area contributed by atoms with Gasteiger partial charge in [-0.2, -0.15) is 0 Å². The third-order valence-electron chi connectivity index (χ3n) is 2.44. The number of amides is 1. The van der Waals surface area contributed by atoms with Crippen molar-refractivity contribution in [3.8, 4) is 5.88 Å². The number of nitrogens with zero attached hydrogens (tertiary/aromatic N) is 1. The summed E-state index contributed by atoms with van der Waals surface area (Å²) in [4.78, 5) is 11.6. The van der Waals surface area contributed by atoms with E-state index in [1.165, 1.54) is 13.2 Å². The summed E-state index contributed by atoms with van der Waals surface area (Å²) in [5.41, 5.74) is 0. The number of aromatic nitrogens is 1. The van der Waals surface area contributed by atoms with E-state index in [4.69, 9.17) is 14.0 Å². The van der Waals surface area contributed by atoms with Crippen molar-refractivity contribution in [3.05, 3.63) is 11.8 Å². The van der Waals surface area contributed by atoms with Gasteiger partial charge in [-0.3, -0.25) is 4.79 Å². The van der Waals surface area contributed by atoms with E-state index in [0.29, 0.717) is 12.4 Å². The second-order valence-electron chi connectivity index (χ2n) is 3.58. The molecular weight excluding hydrogens is 212 g/mol. The lowest BCUT2D eigenvalue weighted by atomic mass is 10.2. The fraction of sp³-hybridized carbons (Fsp3) is 0.600. The van der Waals surface area contributed by atoms with Gasteiger partial charge in [0.2, 0.25) is 5.76 Å². The molecule has 2 heterocycles. The van der Waals surface area contributed by atoms with Gasteiger partial charge in [-0.05, 0) is 18.0 Å². The minimum absolute atomic E-state index is 0.119. The van der Waals surface area contributed by atoms with Crippen LogP contribution in [0.1, 0.15) is 23.4 Å². The fourth-order valence-corrected chi connectivity index (χ4v) is 1.56. The average molecular weight is 226 g/mol. The van der Waals surface area contributed by atoms with E-state index < -0.39 is 0 Å². The van der Waals surface area contributed by atoms with Gasteiger partial charge in [0.1, 0.15) is 0 Å². The molecule has 1 aromatic heterocycles. The Morgan fingerprint density at radius 1 is 1.75 bits per heavy atom. The number of rotatable bonds is 4. The first-order valence-electron chi connectivity index (χ1n) is 5.20. The third-order valence-corrected chi connectivity index (χ3v) is 2.44. The van der Waals surface area contributed by atoms with E-state index in [2.05, 4.69) is 10.5 Å². The Morgan fingerprint density at radius 3 is 3.25 bits per heavy atom. The van der Waals surface area contributed by atoms with Crippen molar-refractivity contribution in [2.45, 2.75) is 18.9 Å². The van der Waals surface area contributed by atoms with Crippen LogP contribution >= 0.6 is 0 Å². The first-order valence-corrected chi connectivity index (χ1v) is 5.20. The monoisotopic (exact) mass is 226 g/mol. The zero-order valence-electron chi connectivity index (χ0n) is 9.06. The topological polar surface area (TPSA) is 73.6 Å². The second-order valence-corrected chi connectivity index (χ2v) is 3.58. The summed E-state index contributed by atoms with van der Waals surface area (Å²) in [6, 6.07) is 1.45. The molecule has 0 aliphatic carbocycles. The van der Waals surface area contributed by atoms with Crippen LogP contribution in [-0.2, 0) is 4.74 Å². The molecule has 1 unspecified atom stereocenters. The fourth-order valence-electron chi connectivity index (χ4n) is 1.56. The molecule has 0 radical (unpaired) electrons. The highest BCUT2D eigenvalue weighted by Crippen LogP contribution is 2.12. The second kappa shape index (κ2) is 4.98. The van der Waals surface area contributed by atoms with Crippen LogP contribution in [0.25, 0.3) is 0 Å². The molecule has 0 bridgehead atoms. The Labute approximate surface area is 92.9 Å². The molecule has 1 atom stereocenters. The predicted molar refractivity (Wildman–Crippen MR) is 54.4 cm³/mol. The first-order chi connectivity index (χ1) is 7.79. The van der Waals surface area contributed by atoms with E-state index in [1.54, 1.807) is 0 Å². The lowest BCUT2D eigenvalue weighted by Gasteiger charge is -2.08. The summed E-state index contributed by atoms with van der Waals surface area (Å²) < 4.78 is 15.0. The van der Waals surface area contributed by atoms with Crippen LogP contribution in [0.4, 0.5) is 0 Å². The smallest absolute Gasteiger partial charge is 0.290 e. The first kappa shape index (κ1) is 10.9. The molecule has 6 nitrogen and oxygen atoms in total. The van der Waals surface area contributed by atoms with Gasteiger partial charge in [-0.15, -0.1) is 0 Å². The van der Waals surface area contributed by atoms with Gasteiger partial charge < -0.3 is 19.3 Å². The molecule has 1 saturated heterocycles. The average Bonchev–Trinajstić information content (AvgIpc) is 2.96. The number of hydrogen-bond donors (Lipinski definition) is 1. The zero-order valence-corrected chi connectivity index (χ0v) is 9.06. The molecule has 1 fully saturated rings. The van der Waals surface area contributed by atoms with Crippen molar-refractivity contribution >= 4 is 5.91 Å². The molecular formula is C10H14N2O4. The SMILES string of the molecule is COc1cc(C(=O)NCC2CCCO2)on1. The molecule has 1 N–H and O–H groups in total. The lowest BCUT2D eigenvalue weighted by molar-refractivity contribution is 0.0827. The molecule has 1 aliphatic heterocycles. The molecule has 6 heteroatoms. The van der Waals surface area contributed by atoms with Crippen LogP contribution in [0.3, 0.4) is 0 Å². The highest BCUT2D eigenvalue weighted by atomic mass is 16.5. The van der Waals surface area contributed by atoms with E-state index in [9.17, 15) is 4.79 Å². The van der Waals surface area contributed by atoms with Crippen LogP contribution in [0.15, 0.2) is 10.6 Å². The summed E-state index contributed by atoms with van der Waals surface area (Å²) in [5, 5.41) is 6.27. The quantitative estimate of drug-likeness (QED) is 0.813. The van der Waals surface area contributed by atoms with Gasteiger partial charge in [0, 0.05) is 13.2 Å². The van der Waals surface area contributed by atoms with Crippen molar-refractivity contribution < 1.29 is 18.8 Å². The molecule has 88 valence electrons. The Morgan fingerprint density at radius 2 is 2.62 bits per heavy atom. The van der Waals surface area contributed by atoms with Crippen LogP contribution in [-0.4, -0.2) is 37.4 Å². The Kier molecular flexibility index (Phi) is 3.40. The molecule has 0 spiro atoms. The standard InChI is InChI=1S/C10H14N2O4/c1-14-9-5-8(16-12-9)10(13)11-6-7-3-2-4-15-7/h5,7H,2-4,6H2,1H3,(H,11,13). The summed E-state index contributed by atoms with van der Waals surface area (Å²) in [6.07, 6.45) is 2.16. The number of ether oxygens (including phenoxy) is 2. The van der Waals surface area contributed by atoms with Crippen LogP contribution < -0.4 is 10.1 Å². The normalized spacial score (nSPS) is 19.7. The van der Waals surface area contributed by atoms with Crippen LogP contribution in [0.5, 0.6) is 5.88 Å². The van der Waals surface area contributed by atoms with Gasteiger partial charge in [0.15, 0.2) is 0 Å². The van der Waals surface area contributed by atoms with Crippen molar-refractivity contribution in [2.75, 3.05) is 20.3 Å². The Bertz CT molecular complexity index is 357. The summed E-state index contributed by atoms with van der Waals surface area (Å²) in [7, 11) is 1.46. The Balaban J connectivity index is 1.82. The largest absolute Gasteiger partial charge is 0.479 e.